The summed E-state index contributed by atoms with van der Waals surface area (Å²) < 4.78 is 2.34. The fourth-order valence-corrected chi connectivity index (χ4v) is 9.00. The molecular weight excluding hydrogens is 631 g/mol. The minimum atomic E-state index is -0.456. The van der Waals surface area contributed by atoms with E-state index in [1.807, 2.05) is 18.3 Å². The van der Waals surface area contributed by atoms with Crippen molar-refractivity contribution in [2.75, 3.05) is 0 Å². The molecule has 0 fully saturated rings. The molecule has 0 saturated heterocycles. The Balaban J connectivity index is 1.26. The minimum absolute atomic E-state index is 0.0350. The third-order valence-corrected chi connectivity index (χ3v) is 11.6. The monoisotopic (exact) mass is 671 g/mol. The van der Waals surface area contributed by atoms with Gasteiger partial charge in [0.1, 0.15) is 5.82 Å². The number of hydrogen-bond acceptors (Lipinski definition) is 2. The van der Waals surface area contributed by atoms with E-state index in [2.05, 4.69) is 172 Å². The van der Waals surface area contributed by atoms with Gasteiger partial charge in [-0.05, 0) is 85.7 Å². The Kier molecular flexibility index (Phi) is 6.32. The van der Waals surface area contributed by atoms with Gasteiger partial charge in [0, 0.05) is 28.1 Å². The Morgan fingerprint density at radius 1 is 0.500 bits per heavy atom. The zero-order valence-corrected chi connectivity index (χ0v) is 30.6. The average molecular weight is 672 g/mol. The first-order valence-corrected chi connectivity index (χ1v) is 18.4. The van der Waals surface area contributed by atoms with Crippen LogP contribution < -0.4 is 0 Å². The van der Waals surface area contributed by atoms with E-state index >= 15 is 0 Å². The second-order valence-electron chi connectivity index (χ2n) is 16.7. The van der Waals surface area contributed by atoms with Crippen molar-refractivity contribution in [1.29, 1.82) is 0 Å². The minimum Gasteiger partial charge on any atom is -0.294 e. The Morgan fingerprint density at radius 2 is 1.12 bits per heavy atom. The highest BCUT2D eigenvalue weighted by Crippen LogP contribution is 2.63. The fourth-order valence-electron chi connectivity index (χ4n) is 9.00. The molecule has 3 nitrogen and oxygen atoms in total. The first kappa shape index (κ1) is 31.0. The SMILES string of the molecule is CC(C)(C)c1ccc2c(c1)-c1cc(C(C)(C)C)ccc1C21c2ccccc2-c2nc(-n3c4ccccc4c4ccc(-c5ccccn5)cc43)ccc21. The van der Waals surface area contributed by atoms with Crippen LogP contribution in [0.1, 0.15) is 74.9 Å². The van der Waals surface area contributed by atoms with E-state index in [1.165, 1.54) is 60.8 Å². The van der Waals surface area contributed by atoms with Crippen LogP contribution in [0.3, 0.4) is 0 Å². The van der Waals surface area contributed by atoms with Crippen LogP contribution in [-0.4, -0.2) is 14.5 Å². The lowest BCUT2D eigenvalue weighted by Gasteiger charge is -2.31. The number of fused-ring (bicyclic) bond motifs is 13. The number of hydrogen-bond donors (Lipinski definition) is 0. The molecule has 0 amide bonds. The number of rotatable bonds is 2. The van der Waals surface area contributed by atoms with Crippen molar-refractivity contribution in [3.8, 4) is 39.5 Å². The first-order valence-electron chi connectivity index (χ1n) is 18.4. The van der Waals surface area contributed by atoms with Gasteiger partial charge in [-0.15, -0.1) is 0 Å². The molecule has 10 rings (SSSR count). The molecule has 0 atom stereocenters. The van der Waals surface area contributed by atoms with E-state index in [0.29, 0.717) is 0 Å². The molecule has 0 N–H and O–H groups in total. The largest absolute Gasteiger partial charge is 0.294 e. The third kappa shape index (κ3) is 4.20. The molecule has 0 bridgehead atoms. The second-order valence-corrected chi connectivity index (χ2v) is 16.7. The maximum atomic E-state index is 5.67. The highest BCUT2D eigenvalue weighted by Gasteiger charge is 2.52. The summed E-state index contributed by atoms with van der Waals surface area (Å²) >= 11 is 0. The van der Waals surface area contributed by atoms with Crippen LogP contribution in [0.4, 0.5) is 0 Å². The summed E-state index contributed by atoms with van der Waals surface area (Å²) in [5.41, 5.74) is 16.8. The maximum absolute atomic E-state index is 5.67. The summed E-state index contributed by atoms with van der Waals surface area (Å²) in [6.45, 7) is 13.9. The smallest absolute Gasteiger partial charge is 0.138 e. The molecule has 252 valence electrons. The predicted molar refractivity (Wildman–Crippen MR) is 216 cm³/mol. The van der Waals surface area contributed by atoms with Crippen molar-refractivity contribution >= 4 is 21.8 Å². The van der Waals surface area contributed by atoms with E-state index < -0.39 is 5.41 Å². The van der Waals surface area contributed by atoms with Crippen molar-refractivity contribution in [1.82, 2.24) is 14.5 Å². The van der Waals surface area contributed by atoms with Gasteiger partial charge in [-0.1, -0.05) is 145 Å². The van der Waals surface area contributed by atoms with Crippen LogP contribution in [0.25, 0.3) is 61.3 Å². The van der Waals surface area contributed by atoms with Gasteiger partial charge in [0.05, 0.1) is 27.8 Å². The van der Waals surface area contributed by atoms with Gasteiger partial charge >= 0.3 is 0 Å². The molecule has 0 radical (unpaired) electrons. The van der Waals surface area contributed by atoms with Crippen molar-refractivity contribution in [3.63, 3.8) is 0 Å². The van der Waals surface area contributed by atoms with Gasteiger partial charge in [-0.2, -0.15) is 0 Å². The first-order chi connectivity index (χ1) is 25.0. The van der Waals surface area contributed by atoms with E-state index in [9.17, 15) is 0 Å². The molecule has 0 aliphatic heterocycles. The van der Waals surface area contributed by atoms with Gasteiger partial charge in [0.25, 0.3) is 0 Å². The summed E-state index contributed by atoms with van der Waals surface area (Å²) in [4.78, 5) is 10.3. The van der Waals surface area contributed by atoms with Crippen molar-refractivity contribution in [2.45, 2.75) is 57.8 Å². The van der Waals surface area contributed by atoms with Crippen molar-refractivity contribution < 1.29 is 0 Å². The van der Waals surface area contributed by atoms with E-state index in [1.54, 1.807) is 0 Å². The molecule has 3 heteroatoms. The molecule has 2 aliphatic carbocycles. The highest BCUT2D eigenvalue weighted by atomic mass is 15.1. The lowest BCUT2D eigenvalue weighted by Crippen LogP contribution is -2.26. The molecule has 52 heavy (non-hydrogen) atoms. The fraction of sp³-hybridized carbons (Fsp3) is 0.184. The molecule has 0 unspecified atom stereocenters. The number of aromatic nitrogens is 3. The van der Waals surface area contributed by atoms with Crippen LogP contribution in [-0.2, 0) is 16.2 Å². The van der Waals surface area contributed by atoms with E-state index in [-0.39, 0.29) is 10.8 Å². The van der Waals surface area contributed by atoms with Crippen LogP contribution in [0.2, 0.25) is 0 Å². The molecule has 2 aliphatic rings. The Morgan fingerprint density at radius 3 is 1.81 bits per heavy atom. The van der Waals surface area contributed by atoms with Crippen LogP contribution in [0, 0.1) is 0 Å². The van der Waals surface area contributed by atoms with E-state index in [0.717, 1.165) is 33.8 Å². The van der Waals surface area contributed by atoms with Crippen molar-refractivity contribution in [3.05, 3.63) is 173 Å². The molecule has 0 saturated carbocycles. The topological polar surface area (TPSA) is 30.7 Å². The highest BCUT2D eigenvalue weighted by molar-refractivity contribution is 6.10. The number of para-hydroxylation sites is 1. The standard InChI is InChI=1S/C49H41N3/c1-47(2,3)31-19-22-39-36(28-31)37-29-32(48(4,5)6)20-23-40(37)49(39)38-15-9-7-14-35(38)46-41(49)24-25-45(51-46)52-43-17-10-8-13-33(43)34-21-18-30(27-44(34)52)42-16-11-12-26-50-42/h7-29H,1-6H3. The molecule has 8 aromatic rings. The van der Waals surface area contributed by atoms with Gasteiger partial charge in [0.15, 0.2) is 0 Å². The summed E-state index contributed by atoms with van der Waals surface area (Å²) in [6, 6.07) is 49.5. The van der Waals surface area contributed by atoms with Crippen LogP contribution in [0.5, 0.6) is 0 Å². The van der Waals surface area contributed by atoms with E-state index in [4.69, 9.17) is 4.98 Å². The van der Waals surface area contributed by atoms with Gasteiger partial charge in [-0.25, -0.2) is 4.98 Å². The van der Waals surface area contributed by atoms with Gasteiger partial charge < -0.3 is 0 Å². The summed E-state index contributed by atoms with van der Waals surface area (Å²) in [6.07, 6.45) is 1.86. The summed E-state index contributed by atoms with van der Waals surface area (Å²) in [5, 5.41) is 2.42. The van der Waals surface area contributed by atoms with Crippen LogP contribution in [0.15, 0.2) is 140 Å². The van der Waals surface area contributed by atoms with Gasteiger partial charge in [-0.3, -0.25) is 9.55 Å². The predicted octanol–water partition coefficient (Wildman–Crippen LogP) is 12.2. The molecular formula is C49H41N3. The number of nitrogens with zero attached hydrogens (tertiary/aromatic N) is 3. The summed E-state index contributed by atoms with van der Waals surface area (Å²) in [5.74, 6) is 0.916. The van der Waals surface area contributed by atoms with Gasteiger partial charge in [0.2, 0.25) is 0 Å². The lowest BCUT2D eigenvalue weighted by molar-refractivity contribution is 0.589. The second kappa shape index (κ2) is 10.6. The Bertz CT molecular complexity index is 2690. The van der Waals surface area contributed by atoms with Crippen LogP contribution >= 0.6 is 0 Å². The number of benzene rings is 5. The normalized spacial score (nSPS) is 14.1. The Hall–Kier alpha value is -5.80. The molecule has 5 aromatic carbocycles. The zero-order chi connectivity index (χ0) is 35.6. The molecule has 1 spiro atoms. The molecule has 3 aromatic heterocycles. The quantitative estimate of drug-likeness (QED) is 0.183. The lowest BCUT2D eigenvalue weighted by atomic mass is 9.70. The third-order valence-electron chi connectivity index (χ3n) is 11.6. The van der Waals surface area contributed by atoms with Crippen molar-refractivity contribution in [2.24, 2.45) is 0 Å². The molecule has 3 heterocycles. The zero-order valence-electron chi connectivity index (χ0n) is 30.6. The average Bonchev–Trinajstić information content (AvgIpc) is 3.75. The number of pyridine rings is 2. The maximum Gasteiger partial charge on any atom is 0.138 e. The summed E-state index contributed by atoms with van der Waals surface area (Å²) in [7, 11) is 0. The Labute approximate surface area is 305 Å².